The molecule has 0 aliphatic carbocycles. The summed E-state index contributed by atoms with van der Waals surface area (Å²) in [5.74, 6) is 0. The van der Waals surface area contributed by atoms with Crippen LogP contribution in [0.1, 0.15) is 0 Å². The van der Waals surface area contributed by atoms with Gasteiger partial charge in [0.1, 0.15) is 5.65 Å². The fourth-order valence-electron chi connectivity index (χ4n) is 2.43. The maximum atomic E-state index is 7.06. The molecule has 4 nitrogen and oxygen atoms in total. The predicted octanol–water partition coefficient (Wildman–Crippen LogP) is 4.26. The molecule has 0 amide bonds. The molecule has 0 fully saturated rings. The Bertz CT molecular complexity index is 969. The van der Waals surface area contributed by atoms with E-state index in [1.54, 1.807) is 0 Å². The second-order valence-electron chi connectivity index (χ2n) is 4.71. The van der Waals surface area contributed by atoms with Crippen LogP contribution >= 0.6 is 0 Å². The lowest BCUT2D eigenvalue weighted by Crippen LogP contribution is -1.81. The molecule has 4 rings (SSSR count). The Labute approximate surface area is 114 Å². The predicted molar refractivity (Wildman–Crippen MR) is 79.6 cm³/mol. The van der Waals surface area contributed by atoms with Crippen LogP contribution in [0.3, 0.4) is 0 Å². The van der Waals surface area contributed by atoms with Crippen molar-refractivity contribution in [1.29, 1.82) is 0 Å². The number of nitrogens with zero attached hydrogens (tertiary/aromatic N) is 2. The number of aromatic amines is 2. The molecule has 4 aromatic rings. The Kier molecular flexibility index (Phi) is 2.15. The summed E-state index contributed by atoms with van der Waals surface area (Å²) in [6.07, 6.45) is 3.73. The Morgan fingerprint density at radius 3 is 2.90 bits per heavy atom. The highest BCUT2D eigenvalue weighted by Gasteiger charge is 2.06. The number of H-pyrrole nitrogens is 2. The van der Waals surface area contributed by atoms with Gasteiger partial charge in [-0.25, -0.2) is 9.83 Å². The first kappa shape index (κ1) is 10.8. The minimum absolute atomic E-state index is 0.655. The van der Waals surface area contributed by atoms with Gasteiger partial charge in [0.25, 0.3) is 0 Å². The smallest absolute Gasteiger partial charge is 0.187 e. The van der Waals surface area contributed by atoms with E-state index in [9.17, 15) is 0 Å². The molecule has 0 unspecified atom stereocenters. The van der Waals surface area contributed by atoms with Crippen LogP contribution in [0.25, 0.3) is 38.0 Å². The van der Waals surface area contributed by atoms with Gasteiger partial charge in [0.05, 0.1) is 6.57 Å². The number of hydrogen-bond donors (Lipinski definition) is 2. The van der Waals surface area contributed by atoms with Crippen molar-refractivity contribution in [3.05, 3.63) is 60.2 Å². The molecular weight excluding hydrogens is 248 g/mol. The first-order valence-electron chi connectivity index (χ1n) is 6.27. The molecule has 20 heavy (non-hydrogen) atoms. The van der Waals surface area contributed by atoms with Crippen LogP contribution in [0.5, 0.6) is 0 Å². The Morgan fingerprint density at radius 1 is 1.05 bits per heavy atom. The zero-order valence-corrected chi connectivity index (χ0v) is 10.5. The largest absolute Gasteiger partial charge is 0.355 e. The summed E-state index contributed by atoms with van der Waals surface area (Å²) < 4.78 is 0. The summed E-state index contributed by atoms with van der Waals surface area (Å²) in [7, 11) is 0. The van der Waals surface area contributed by atoms with Crippen LogP contribution in [0.4, 0.5) is 5.69 Å². The summed E-state index contributed by atoms with van der Waals surface area (Å²) in [5.41, 5.74) is 4.62. The molecule has 3 heterocycles. The average molecular weight is 258 g/mol. The summed E-state index contributed by atoms with van der Waals surface area (Å²) in [4.78, 5) is 14.3. The Balaban J connectivity index is 1.90. The number of hydrogen-bond acceptors (Lipinski definition) is 1. The van der Waals surface area contributed by atoms with Crippen molar-refractivity contribution in [3.63, 3.8) is 0 Å². The molecule has 3 aromatic heterocycles. The van der Waals surface area contributed by atoms with Crippen molar-refractivity contribution in [3.8, 4) is 11.3 Å². The van der Waals surface area contributed by atoms with Crippen LogP contribution in [0.15, 0.2) is 48.8 Å². The molecule has 0 saturated heterocycles. The molecule has 0 atom stereocenters. The molecule has 2 N–H and O–H groups in total. The van der Waals surface area contributed by atoms with Crippen molar-refractivity contribution in [2.75, 3.05) is 0 Å². The molecule has 1 aromatic carbocycles. The highest BCUT2D eigenvalue weighted by Crippen LogP contribution is 2.28. The van der Waals surface area contributed by atoms with E-state index in [1.807, 2.05) is 36.7 Å². The van der Waals surface area contributed by atoms with Gasteiger partial charge in [0, 0.05) is 34.6 Å². The molecule has 0 aliphatic rings. The van der Waals surface area contributed by atoms with Gasteiger partial charge < -0.3 is 9.97 Å². The van der Waals surface area contributed by atoms with E-state index in [2.05, 4.69) is 31.9 Å². The second-order valence-corrected chi connectivity index (χ2v) is 4.71. The summed E-state index contributed by atoms with van der Waals surface area (Å²) in [6.45, 7) is 7.06. The van der Waals surface area contributed by atoms with Gasteiger partial charge in [-0.1, -0.05) is 6.07 Å². The first-order valence-corrected chi connectivity index (χ1v) is 6.27. The number of pyridine rings is 1. The van der Waals surface area contributed by atoms with Gasteiger partial charge in [-0.05, 0) is 35.7 Å². The van der Waals surface area contributed by atoms with Crippen molar-refractivity contribution in [1.82, 2.24) is 15.0 Å². The number of rotatable bonds is 1. The van der Waals surface area contributed by atoms with E-state index in [0.717, 1.165) is 33.2 Å². The SMILES string of the molecule is [C-]#[N+]c1ccc2[nH]c(-c3cnc4[nH]ccc4c3)cc2c1. The van der Waals surface area contributed by atoms with Crippen molar-refractivity contribution < 1.29 is 0 Å². The van der Waals surface area contributed by atoms with Crippen LogP contribution in [-0.4, -0.2) is 15.0 Å². The Hall–Kier alpha value is -3.06. The quantitative estimate of drug-likeness (QED) is 0.492. The van der Waals surface area contributed by atoms with E-state index in [1.165, 1.54) is 0 Å². The molecule has 94 valence electrons. The van der Waals surface area contributed by atoms with E-state index in [0.29, 0.717) is 5.69 Å². The summed E-state index contributed by atoms with van der Waals surface area (Å²) in [6, 6.07) is 11.8. The third-order valence-electron chi connectivity index (χ3n) is 3.44. The molecule has 0 bridgehead atoms. The highest BCUT2D eigenvalue weighted by molar-refractivity contribution is 5.90. The lowest BCUT2D eigenvalue weighted by atomic mass is 10.1. The van der Waals surface area contributed by atoms with Crippen LogP contribution < -0.4 is 0 Å². The summed E-state index contributed by atoms with van der Waals surface area (Å²) in [5, 5.41) is 2.13. The van der Waals surface area contributed by atoms with Gasteiger partial charge in [-0.3, -0.25) is 0 Å². The highest BCUT2D eigenvalue weighted by atomic mass is 14.8. The van der Waals surface area contributed by atoms with Crippen molar-refractivity contribution in [2.24, 2.45) is 0 Å². The molecule has 0 radical (unpaired) electrons. The second kappa shape index (κ2) is 3.97. The van der Waals surface area contributed by atoms with Crippen molar-refractivity contribution >= 4 is 27.6 Å². The maximum absolute atomic E-state index is 7.06. The first-order chi connectivity index (χ1) is 9.83. The van der Waals surface area contributed by atoms with Gasteiger partial charge in [-0.15, -0.1) is 0 Å². The molecule has 0 aliphatic heterocycles. The lowest BCUT2D eigenvalue weighted by molar-refractivity contribution is 1.32. The van der Waals surface area contributed by atoms with E-state index < -0.39 is 0 Å². The number of aromatic nitrogens is 3. The molecular formula is C16H10N4. The maximum Gasteiger partial charge on any atom is 0.187 e. The molecule has 0 spiro atoms. The van der Waals surface area contributed by atoms with Crippen LogP contribution in [0.2, 0.25) is 0 Å². The van der Waals surface area contributed by atoms with E-state index in [4.69, 9.17) is 6.57 Å². The monoisotopic (exact) mass is 258 g/mol. The average Bonchev–Trinajstić information content (AvgIpc) is 3.11. The normalized spacial score (nSPS) is 10.9. The third-order valence-corrected chi connectivity index (χ3v) is 3.44. The van der Waals surface area contributed by atoms with Gasteiger partial charge in [0.2, 0.25) is 0 Å². The van der Waals surface area contributed by atoms with E-state index >= 15 is 0 Å². The topological polar surface area (TPSA) is 48.8 Å². The third kappa shape index (κ3) is 1.57. The number of fused-ring (bicyclic) bond motifs is 2. The van der Waals surface area contributed by atoms with Gasteiger partial charge >= 0.3 is 0 Å². The molecule has 0 saturated carbocycles. The van der Waals surface area contributed by atoms with E-state index in [-0.39, 0.29) is 0 Å². The van der Waals surface area contributed by atoms with Gasteiger partial charge in [-0.2, -0.15) is 0 Å². The number of benzene rings is 1. The van der Waals surface area contributed by atoms with Crippen molar-refractivity contribution in [2.45, 2.75) is 0 Å². The minimum atomic E-state index is 0.655. The lowest BCUT2D eigenvalue weighted by Gasteiger charge is -1.97. The minimum Gasteiger partial charge on any atom is -0.355 e. The molecule has 4 heteroatoms. The summed E-state index contributed by atoms with van der Waals surface area (Å²) >= 11 is 0. The van der Waals surface area contributed by atoms with Crippen LogP contribution in [0, 0.1) is 6.57 Å². The fourth-order valence-corrected chi connectivity index (χ4v) is 2.43. The Morgan fingerprint density at radius 2 is 2.00 bits per heavy atom. The number of nitrogens with one attached hydrogen (secondary N) is 2. The van der Waals surface area contributed by atoms with Crippen LogP contribution in [-0.2, 0) is 0 Å². The zero-order valence-electron chi connectivity index (χ0n) is 10.5. The van der Waals surface area contributed by atoms with Gasteiger partial charge in [0.15, 0.2) is 5.69 Å². The zero-order chi connectivity index (χ0) is 13.5. The standard InChI is InChI=1S/C16H10N4/c1-17-13-2-3-14-11(7-13)8-15(20-14)12-6-10-4-5-18-16(10)19-9-12/h2-9,20H,(H,18,19). The fraction of sp³-hybridized carbons (Fsp3) is 0.